The number of aliphatic hydroxyl groups excluding tert-OH is 1. The second-order valence-electron chi connectivity index (χ2n) is 8.97. The molecule has 2 saturated heterocycles. The maximum absolute atomic E-state index is 13.7. The van der Waals surface area contributed by atoms with Gasteiger partial charge >= 0.3 is 5.97 Å². The first-order valence-corrected chi connectivity index (χ1v) is 11.9. The third kappa shape index (κ3) is 4.78. The summed E-state index contributed by atoms with van der Waals surface area (Å²) in [6.45, 7) is 7.19. The zero-order valence-corrected chi connectivity index (χ0v) is 20.6. The van der Waals surface area contributed by atoms with Gasteiger partial charge in [-0.25, -0.2) is 9.18 Å². The lowest BCUT2D eigenvalue weighted by Gasteiger charge is -2.29. The molecule has 2 N–H and O–H groups in total. The van der Waals surface area contributed by atoms with Crippen molar-refractivity contribution in [2.75, 3.05) is 46.5 Å². The third-order valence-corrected chi connectivity index (χ3v) is 6.77. The monoisotopic (exact) mass is 499 g/mol. The normalized spacial score (nSPS) is 20.2. The van der Waals surface area contributed by atoms with Gasteiger partial charge in [0, 0.05) is 37.4 Å². The SMILES string of the molecule is COC(=O)c1[nH]c(C)c(/C(O)=C2\C(=O)C(=O)N(CCCN3CCOCC3)C2c2ccc(F)cc2)c1C. The van der Waals surface area contributed by atoms with E-state index in [1.54, 1.807) is 13.8 Å². The predicted molar refractivity (Wildman–Crippen MR) is 129 cm³/mol. The van der Waals surface area contributed by atoms with Crippen molar-refractivity contribution in [1.29, 1.82) is 0 Å². The van der Waals surface area contributed by atoms with Gasteiger partial charge in [-0.05, 0) is 43.5 Å². The predicted octanol–water partition coefficient (Wildman–Crippen LogP) is 2.70. The summed E-state index contributed by atoms with van der Waals surface area (Å²) in [5.41, 5.74) is 1.65. The van der Waals surface area contributed by atoms with E-state index in [0.717, 1.165) is 19.6 Å². The summed E-state index contributed by atoms with van der Waals surface area (Å²) in [4.78, 5) is 45.1. The van der Waals surface area contributed by atoms with Crippen molar-refractivity contribution >= 4 is 23.4 Å². The Bertz CT molecular complexity index is 1200. The standard InChI is InChI=1S/C26H30FN3O6/c1-15-19(16(2)28-21(15)26(34)35-3)23(31)20-22(17-5-7-18(27)8-6-17)30(25(33)24(20)32)10-4-9-29-11-13-36-14-12-29/h5-8,22,28,31H,4,9-14H2,1-3H3/b23-20+. The molecule has 1 amide bonds. The van der Waals surface area contributed by atoms with E-state index in [1.807, 2.05) is 0 Å². The Hall–Kier alpha value is -3.50. The van der Waals surface area contributed by atoms with Gasteiger partial charge in [-0.3, -0.25) is 14.5 Å². The van der Waals surface area contributed by atoms with Gasteiger partial charge < -0.3 is 24.5 Å². The molecule has 0 bridgehead atoms. The molecule has 2 aromatic rings. The lowest BCUT2D eigenvalue weighted by molar-refractivity contribution is -0.140. The van der Waals surface area contributed by atoms with E-state index in [-0.39, 0.29) is 29.1 Å². The Kier molecular flexibility index (Phi) is 7.56. The molecule has 0 saturated carbocycles. The topological polar surface area (TPSA) is 112 Å². The second-order valence-corrected chi connectivity index (χ2v) is 8.97. The highest BCUT2D eigenvalue weighted by atomic mass is 19.1. The highest BCUT2D eigenvalue weighted by Crippen LogP contribution is 2.41. The van der Waals surface area contributed by atoms with E-state index in [2.05, 4.69) is 9.88 Å². The van der Waals surface area contributed by atoms with Crippen LogP contribution in [0.3, 0.4) is 0 Å². The van der Waals surface area contributed by atoms with E-state index in [9.17, 15) is 23.9 Å². The second kappa shape index (κ2) is 10.6. The van der Waals surface area contributed by atoms with Crippen LogP contribution in [-0.4, -0.2) is 84.1 Å². The maximum atomic E-state index is 13.7. The molecule has 1 unspecified atom stereocenters. The molecule has 1 aromatic carbocycles. The molecule has 36 heavy (non-hydrogen) atoms. The number of hydrogen-bond donors (Lipinski definition) is 2. The third-order valence-electron chi connectivity index (χ3n) is 6.77. The highest BCUT2D eigenvalue weighted by Gasteiger charge is 2.46. The van der Waals surface area contributed by atoms with Gasteiger partial charge in [0.1, 0.15) is 17.3 Å². The number of aliphatic hydroxyl groups is 1. The number of nitrogens with one attached hydrogen (secondary N) is 1. The number of amides is 1. The maximum Gasteiger partial charge on any atom is 0.354 e. The van der Waals surface area contributed by atoms with Gasteiger partial charge in [-0.1, -0.05) is 12.1 Å². The van der Waals surface area contributed by atoms with E-state index in [4.69, 9.17) is 9.47 Å². The van der Waals surface area contributed by atoms with Crippen LogP contribution in [0, 0.1) is 19.7 Å². The highest BCUT2D eigenvalue weighted by molar-refractivity contribution is 6.46. The van der Waals surface area contributed by atoms with Crippen LogP contribution in [0.5, 0.6) is 0 Å². The minimum atomic E-state index is -0.898. The lowest BCUT2D eigenvalue weighted by atomic mass is 9.94. The van der Waals surface area contributed by atoms with Crippen molar-refractivity contribution in [3.8, 4) is 0 Å². The van der Waals surface area contributed by atoms with Crippen LogP contribution >= 0.6 is 0 Å². The van der Waals surface area contributed by atoms with Gasteiger partial charge in [0.25, 0.3) is 11.7 Å². The number of Topliss-reactive ketones (excluding diaryl/α,β-unsaturated/α-hetero) is 1. The number of H-pyrrole nitrogens is 1. The number of nitrogens with zero attached hydrogens (tertiary/aromatic N) is 2. The Morgan fingerprint density at radius 2 is 1.83 bits per heavy atom. The summed E-state index contributed by atoms with van der Waals surface area (Å²) >= 11 is 0. The summed E-state index contributed by atoms with van der Waals surface area (Å²) in [7, 11) is 1.24. The Morgan fingerprint density at radius 1 is 1.17 bits per heavy atom. The molecule has 192 valence electrons. The van der Waals surface area contributed by atoms with Crippen molar-refractivity contribution in [2.24, 2.45) is 0 Å². The first-order chi connectivity index (χ1) is 17.2. The summed E-state index contributed by atoms with van der Waals surface area (Å²) in [5, 5.41) is 11.4. The van der Waals surface area contributed by atoms with Gasteiger partial charge in [-0.15, -0.1) is 0 Å². The summed E-state index contributed by atoms with van der Waals surface area (Å²) in [6, 6.07) is 4.62. The van der Waals surface area contributed by atoms with Crippen LogP contribution in [0.25, 0.3) is 5.76 Å². The largest absolute Gasteiger partial charge is 0.507 e. The molecule has 2 fully saturated rings. The number of esters is 1. The van der Waals surface area contributed by atoms with Crippen LogP contribution in [0.2, 0.25) is 0 Å². The van der Waals surface area contributed by atoms with Gasteiger partial charge in [-0.2, -0.15) is 0 Å². The van der Waals surface area contributed by atoms with Crippen molar-refractivity contribution in [3.05, 3.63) is 63.7 Å². The van der Waals surface area contributed by atoms with E-state index >= 15 is 0 Å². The number of benzene rings is 1. The number of carbonyl (C=O) groups excluding carboxylic acids is 3. The summed E-state index contributed by atoms with van der Waals surface area (Å²) in [6.07, 6.45) is 0.611. The number of hydrogen-bond acceptors (Lipinski definition) is 7. The zero-order valence-electron chi connectivity index (χ0n) is 20.6. The number of halogens is 1. The van der Waals surface area contributed by atoms with Crippen LogP contribution in [0.1, 0.15) is 45.3 Å². The molecule has 3 heterocycles. The van der Waals surface area contributed by atoms with Crippen LogP contribution < -0.4 is 0 Å². The molecule has 1 aromatic heterocycles. The van der Waals surface area contributed by atoms with Gasteiger partial charge in [0.05, 0.1) is 31.9 Å². The number of aryl methyl sites for hydroxylation is 1. The molecule has 2 aliphatic heterocycles. The lowest BCUT2D eigenvalue weighted by Crippen LogP contribution is -2.38. The fourth-order valence-electron chi connectivity index (χ4n) is 4.94. The number of methoxy groups -OCH3 is 1. The van der Waals surface area contributed by atoms with Crippen LogP contribution in [0.15, 0.2) is 29.8 Å². The zero-order chi connectivity index (χ0) is 26.0. The molecule has 4 rings (SSSR count). The molecule has 0 spiro atoms. The Balaban J connectivity index is 1.74. The van der Waals surface area contributed by atoms with Crippen molar-refractivity contribution in [2.45, 2.75) is 26.3 Å². The minimum Gasteiger partial charge on any atom is -0.507 e. The van der Waals surface area contributed by atoms with E-state index in [0.29, 0.717) is 36.5 Å². The first kappa shape index (κ1) is 25.6. The first-order valence-electron chi connectivity index (χ1n) is 11.9. The number of ether oxygens (including phenoxy) is 2. The van der Waals surface area contributed by atoms with E-state index < -0.39 is 29.5 Å². The fourth-order valence-corrected chi connectivity index (χ4v) is 4.94. The van der Waals surface area contributed by atoms with Crippen LogP contribution in [-0.2, 0) is 19.1 Å². The molecule has 9 nitrogen and oxygen atoms in total. The molecule has 1 atom stereocenters. The molecular weight excluding hydrogens is 469 g/mol. The molecule has 0 aliphatic carbocycles. The smallest absolute Gasteiger partial charge is 0.354 e. The van der Waals surface area contributed by atoms with Crippen molar-refractivity contribution in [3.63, 3.8) is 0 Å². The van der Waals surface area contributed by atoms with Crippen molar-refractivity contribution < 1.29 is 33.4 Å². The van der Waals surface area contributed by atoms with Gasteiger partial charge in [0.2, 0.25) is 0 Å². The molecular formula is C26H30FN3O6. The molecule has 0 radical (unpaired) electrons. The number of aromatic amines is 1. The average Bonchev–Trinajstić information content (AvgIpc) is 3.31. The minimum absolute atomic E-state index is 0.0976. The quantitative estimate of drug-likeness (QED) is 0.261. The van der Waals surface area contributed by atoms with Gasteiger partial charge in [0.15, 0.2) is 0 Å². The number of aromatic nitrogens is 1. The van der Waals surface area contributed by atoms with E-state index in [1.165, 1.54) is 36.3 Å². The number of morpholine rings is 1. The summed E-state index contributed by atoms with van der Waals surface area (Å²) < 4.78 is 23.9. The number of likely N-dealkylation sites (tertiary alicyclic amines) is 1. The number of ketones is 1. The Morgan fingerprint density at radius 3 is 2.47 bits per heavy atom. The molecule has 10 heteroatoms. The Labute approximate surface area is 208 Å². The molecule has 2 aliphatic rings. The fraction of sp³-hybridized carbons (Fsp3) is 0.423. The number of rotatable bonds is 7. The summed E-state index contributed by atoms with van der Waals surface area (Å²) in [5.74, 6) is -3.02. The number of carbonyl (C=O) groups is 3. The van der Waals surface area contributed by atoms with Crippen molar-refractivity contribution in [1.82, 2.24) is 14.8 Å². The van der Waals surface area contributed by atoms with Crippen LogP contribution in [0.4, 0.5) is 4.39 Å². The average molecular weight is 500 g/mol.